The number of hydrogen-bond acceptors (Lipinski definition) is 2. The van der Waals surface area contributed by atoms with Gasteiger partial charge in [-0.05, 0) is 37.5 Å². The van der Waals surface area contributed by atoms with Crippen LogP contribution in [0.15, 0.2) is 24.3 Å². The third kappa shape index (κ3) is 3.25. The summed E-state index contributed by atoms with van der Waals surface area (Å²) >= 11 is 0. The molecule has 1 fully saturated rings. The van der Waals surface area contributed by atoms with Crippen LogP contribution in [0.2, 0.25) is 0 Å². The van der Waals surface area contributed by atoms with E-state index in [0.717, 1.165) is 24.1 Å². The predicted molar refractivity (Wildman–Crippen MR) is 74.0 cm³/mol. The number of anilines is 1. The van der Waals surface area contributed by atoms with E-state index in [1.807, 2.05) is 31.2 Å². The van der Waals surface area contributed by atoms with Crippen molar-refractivity contribution in [3.05, 3.63) is 29.8 Å². The van der Waals surface area contributed by atoms with Crippen LogP contribution in [0, 0.1) is 5.92 Å². The zero-order chi connectivity index (χ0) is 13.0. The maximum atomic E-state index is 12.1. The van der Waals surface area contributed by atoms with Crippen LogP contribution in [-0.4, -0.2) is 5.91 Å². The van der Waals surface area contributed by atoms with E-state index in [1.54, 1.807) is 0 Å². The average Bonchev–Trinajstić information content (AvgIpc) is 2.40. The molecular weight excluding hydrogens is 224 g/mol. The monoisotopic (exact) mass is 246 g/mol. The Hall–Kier alpha value is -1.51. The summed E-state index contributed by atoms with van der Waals surface area (Å²) in [6, 6.07) is 7.75. The molecular formula is C15H22N2O. The Labute approximate surface area is 109 Å². The lowest BCUT2D eigenvalue weighted by Gasteiger charge is -2.23. The first-order valence-electron chi connectivity index (χ1n) is 6.82. The lowest BCUT2D eigenvalue weighted by molar-refractivity contribution is -0.126. The molecule has 1 amide bonds. The van der Waals surface area contributed by atoms with Crippen molar-refractivity contribution >= 4 is 11.6 Å². The summed E-state index contributed by atoms with van der Waals surface area (Å²) in [7, 11) is 0. The predicted octanol–water partition coefficient (Wildman–Crippen LogP) is 3.03. The standard InChI is InChI=1S/C15H22N2O/c1-11(12-7-9-14(16)10-8-12)17-15(18)13-5-3-2-4-6-13/h7-11,13H,2-6,16H2,1H3,(H,17,18)/t11-/m0/s1. The minimum Gasteiger partial charge on any atom is -0.399 e. The first kappa shape index (κ1) is 12.9. The van der Waals surface area contributed by atoms with Crippen LogP contribution in [-0.2, 0) is 4.79 Å². The molecule has 18 heavy (non-hydrogen) atoms. The van der Waals surface area contributed by atoms with Gasteiger partial charge in [0.1, 0.15) is 0 Å². The lowest BCUT2D eigenvalue weighted by atomic mass is 9.88. The zero-order valence-electron chi connectivity index (χ0n) is 11.0. The van der Waals surface area contributed by atoms with Gasteiger partial charge in [0.2, 0.25) is 5.91 Å². The number of hydrogen-bond donors (Lipinski definition) is 2. The van der Waals surface area contributed by atoms with Crippen molar-refractivity contribution in [3.8, 4) is 0 Å². The Morgan fingerprint density at radius 1 is 1.22 bits per heavy atom. The van der Waals surface area contributed by atoms with Gasteiger partial charge in [0, 0.05) is 11.6 Å². The Morgan fingerprint density at radius 3 is 2.44 bits per heavy atom. The van der Waals surface area contributed by atoms with Crippen LogP contribution in [0.4, 0.5) is 5.69 Å². The van der Waals surface area contributed by atoms with Gasteiger partial charge in [0.05, 0.1) is 6.04 Å². The van der Waals surface area contributed by atoms with Crippen molar-refractivity contribution in [2.24, 2.45) is 5.92 Å². The molecule has 0 bridgehead atoms. The van der Waals surface area contributed by atoms with Gasteiger partial charge < -0.3 is 11.1 Å². The van der Waals surface area contributed by atoms with Gasteiger partial charge >= 0.3 is 0 Å². The highest BCUT2D eigenvalue weighted by Crippen LogP contribution is 2.24. The fraction of sp³-hybridized carbons (Fsp3) is 0.533. The molecule has 1 aromatic rings. The van der Waals surface area contributed by atoms with Crippen LogP contribution in [0.1, 0.15) is 50.6 Å². The number of nitrogen functional groups attached to an aromatic ring is 1. The molecule has 1 aliphatic carbocycles. The molecule has 0 spiro atoms. The second kappa shape index (κ2) is 5.89. The van der Waals surface area contributed by atoms with Crippen molar-refractivity contribution in [2.45, 2.75) is 45.1 Å². The molecule has 0 radical (unpaired) electrons. The number of rotatable bonds is 3. The largest absolute Gasteiger partial charge is 0.399 e. The molecule has 0 aromatic heterocycles. The summed E-state index contributed by atoms with van der Waals surface area (Å²) in [6.45, 7) is 2.02. The van der Waals surface area contributed by atoms with Crippen molar-refractivity contribution in [3.63, 3.8) is 0 Å². The van der Waals surface area contributed by atoms with E-state index in [1.165, 1.54) is 19.3 Å². The van der Waals surface area contributed by atoms with Crippen LogP contribution in [0.5, 0.6) is 0 Å². The summed E-state index contributed by atoms with van der Waals surface area (Å²) in [5.74, 6) is 0.425. The maximum Gasteiger partial charge on any atom is 0.223 e. The number of nitrogens with one attached hydrogen (secondary N) is 1. The average molecular weight is 246 g/mol. The van der Waals surface area contributed by atoms with Crippen LogP contribution in [0.25, 0.3) is 0 Å². The number of amides is 1. The summed E-state index contributed by atoms with van der Waals surface area (Å²) in [6.07, 6.45) is 5.74. The number of nitrogens with two attached hydrogens (primary N) is 1. The molecule has 3 heteroatoms. The van der Waals surface area contributed by atoms with Gasteiger partial charge in [-0.15, -0.1) is 0 Å². The van der Waals surface area contributed by atoms with Gasteiger partial charge in [0.15, 0.2) is 0 Å². The van der Waals surface area contributed by atoms with E-state index >= 15 is 0 Å². The quantitative estimate of drug-likeness (QED) is 0.805. The molecule has 98 valence electrons. The second-order valence-electron chi connectivity index (χ2n) is 5.23. The highest BCUT2D eigenvalue weighted by Gasteiger charge is 2.22. The molecule has 0 unspecified atom stereocenters. The molecule has 3 nitrogen and oxygen atoms in total. The highest BCUT2D eigenvalue weighted by atomic mass is 16.1. The number of carbonyl (C=O) groups excluding carboxylic acids is 1. The molecule has 1 aliphatic rings. The van der Waals surface area contributed by atoms with Crippen LogP contribution < -0.4 is 11.1 Å². The van der Waals surface area contributed by atoms with Crippen molar-refractivity contribution in [1.82, 2.24) is 5.32 Å². The SMILES string of the molecule is C[C@H](NC(=O)C1CCCCC1)c1ccc(N)cc1. The van der Waals surface area contributed by atoms with Gasteiger partial charge in [-0.25, -0.2) is 0 Å². The van der Waals surface area contributed by atoms with Gasteiger partial charge in [-0.3, -0.25) is 4.79 Å². The molecule has 0 aliphatic heterocycles. The van der Waals surface area contributed by atoms with E-state index in [0.29, 0.717) is 0 Å². The molecule has 0 heterocycles. The summed E-state index contributed by atoms with van der Waals surface area (Å²) in [4.78, 5) is 12.1. The van der Waals surface area contributed by atoms with Crippen molar-refractivity contribution in [1.29, 1.82) is 0 Å². The van der Waals surface area contributed by atoms with Crippen molar-refractivity contribution in [2.75, 3.05) is 5.73 Å². The first-order valence-corrected chi connectivity index (χ1v) is 6.82. The Kier molecular flexibility index (Phi) is 4.24. The van der Waals surface area contributed by atoms with E-state index in [4.69, 9.17) is 5.73 Å². The van der Waals surface area contributed by atoms with Crippen LogP contribution >= 0.6 is 0 Å². The van der Waals surface area contributed by atoms with Crippen molar-refractivity contribution < 1.29 is 4.79 Å². The Morgan fingerprint density at radius 2 is 1.83 bits per heavy atom. The summed E-state index contributed by atoms with van der Waals surface area (Å²) in [5, 5.41) is 3.11. The fourth-order valence-electron chi connectivity index (χ4n) is 2.56. The Bertz CT molecular complexity index is 393. The smallest absolute Gasteiger partial charge is 0.223 e. The minimum absolute atomic E-state index is 0.0556. The normalized spacial score (nSPS) is 18.3. The number of benzene rings is 1. The molecule has 1 aromatic carbocycles. The highest BCUT2D eigenvalue weighted by molar-refractivity contribution is 5.79. The van der Waals surface area contributed by atoms with Gasteiger partial charge in [0.25, 0.3) is 0 Å². The molecule has 0 saturated heterocycles. The first-order chi connectivity index (χ1) is 8.66. The lowest BCUT2D eigenvalue weighted by Crippen LogP contribution is -2.33. The minimum atomic E-state index is 0.0556. The van der Waals surface area contributed by atoms with E-state index in [-0.39, 0.29) is 17.9 Å². The van der Waals surface area contributed by atoms with E-state index in [2.05, 4.69) is 5.32 Å². The zero-order valence-corrected chi connectivity index (χ0v) is 11.0. The molecule has 3 N–H and O–H groups in total. The van der Waals surface area contributed by atoms with E-state index < -0.39 is 0 Å². The summed E-state index contributed by atoms with van der Waals surface area (Å²) < 4.78 is 0. The Balaban J connectivity index is 1.91. The molecule has 2 rings (SSSR count). The second-order valence-corrected chi connectivity index (χ2v) is 5.23. The summed E-state index contributed by atoms with van der Waals surface area (Å²) in [5.41, 5.74) is 7.52. The van der Waals surface area contributed by atoms with Gasteiger partial charge in [-0.2, -0.15) is 0 Å². The third-order valence-electron chi connectivity index (χ3n) is 3.77. The molecule has 1 atom stereocenters. The van der Waals surface area contributed by atoms with Crippen LogP contribution in [0.3, 0.4) is 0 Å². The fourth-order valence-corrected chi connectivity index (χ4v) is 2.56. The topological polar surface area (TPSA) is 55.1 Å². The third-order valence-corrected chi connectivity index (χ3v) is 3.77. The number of carbonyl (C=O) groups is 1. The van der Waals surface area contributed by atoms with Gasteiger partial charge in [-0.1, -0.05) is 31.4 Å². The molecule has 1 saturated carbocycles. The maximum absolute atomic E-state index is 12.1. The van der Waals surface area contributed by atoms with E-state index in [9.17, 15) is 4.79 Å².